The monoisotopic (exact) mass is 240 g/mol. The Hall–Kier alpha value is 0.0500. The van der Waals surface area contributed by atoms with E-state index < -0.39 is 5.97 Å². The number of alkyl halides is 2. The molecule has 0 unspecified atom stereocenters. The molecule has 0 radical (unpaired) electrons. The van der Waals surface area contributed by atoms with Gasteiger partial charge in [0.1, 0.15) is 0 Å². The first-order valence-electron chi connectivity index (χ1n) is 5.04. The van der Waals surface area contributed by atoms with Crippen molar-refractivity contribution in [3.63, 3.8) is 0 Å². The van der Waals surface area contributed by atoms with E-state index >= 15 is 0 Å². The fraction of sp³-hybridized carbons (Fsp3) is 0.900. The lowest BCUT2D eigenvalue weighted by atomic mass is 9.98. The van der Waals surface area contributed by atoms with E-state index in [1.807, 2.05) is 6.92 Å². The first-order valence-corrected chi connectivity index (χ1v) is 6.01. The van der Waals surface area contributed by atoms with Crippen LogP contribution in [0.25, 0.3) is 0 Å². The van der Waals surface area contributed by atoms with E-state index in [-0.39, 0.29) is 11.3 Å². The lowest BCUT2D eigenvalue weighted by Crippen LogP contribution is -2.13. The van der Waals surface area contributed by atoms with E-state index in [2.05, 4.69) is 0 Å². The van der Waals surface area contributed by atoms with E-state index in [0.29, 0.717) is 12.3 Å². The Bertz CT molecular complexity index is 162. The molecule has 0 aromatic carbocycles. The van der Waals surface area contributed by atoms with Crippen LogP contribution in [0.3, 0.4) is 0 Å². The molecule has 0 aliphatic heterocycles. The highest BCUT2D eigenvalue weighted by molar-refractivity contribution is 6.22. The Morgan fingerprint density at radius 3 is 2.43 bits per heavy atom. The lowest BCUT2D eigenvalue weighted by Gasteiger charge is -2.11. The summed E-state index contributed by atoms with van der Waals surface area (Å²) in [4.78, 5) is 10.7. The van der Waals surface area contributed by atoms with Gasteiger partial charge in [0.25, 0.3) is 0 Å². The Labute approximate surface area is 95.6 Å². The van der Waals surface area contributed by atoms with E-state index in [9.17, 15) is 4.79 Å². The molecule has 0 spiro atoms. The Morgan fingerprint density at radius 1 is 1.36 bits per heavy atom. The van der Waals surface area contributed by atoms with E-state index in [1.54, 1.807) is 0 Å². The summed E-state index contributed by atoms with van der Waals surface area (Å²) in [5, 5.41) is 8.88. The van der Waals surface area contributed by atoms with Gasteiger partial charge in [0.2, 0.25) is 0 Å². The second-order valence-corrected chi connectivity index (χ2v) is 4.44. The minimum Gasteiger partial charge on any atom is -0.481 e. The highest BCUT2D eigenvalue weighted by atomic mass is 35.5. The van der Waals surface area contributed by atoms with E-state index in [0.717, 1.165) is 25.7 Å². The van der Waals surface area contributed by atoms with Crippen LogP contribution in [-0.2, 0) is 4.79 Å². The van der Waals surface area contributed by atoms with Gasteiger partial charge in [-0.2, -0.15) is 0 Å². The summed E-state index contributed by atoms with van der Waals surface area (Å²) in [6.45, 7) is 1.90. The zero-order valence-corrected chi connectivity index (χ0v) is 10.0. The van der Waals surface area contributed by atoms with Crippen LogP contribution in [0.5, 0.6) is 0 Å². The molecule has 0 saturated carbocycles. The average molecular weight is 241 g/mol. The third kappa shape index (κ3) is 6.50. The van der Waals surface area contributed by atoms with Crippen LogP contribution in [0.1, 0.15) is 39.0 Å². The fourth-order valence-electron chi connectivity index (χ4n) is 1.35. The minimum absolute atomic E-state index is 0.0961. The van der Waals surface area contributed by atoms with Crippen LogP contribution in [0, 0.1) is 5.92 Å². The van der Waals surface area contributed by atoms with Crippen molar-refractivity contribution in [1.29, 1.82) is 0 Å². The second kappa shape index (κ2) is 8.37. The molecule has 0 aliphatic rings. The minimum atomic E-state index is -0.698. The fourth-order valence-corrected chi connectivity index (χ4v) is 1.99. The van der Waals surface area contributed by atoms with Gasteiger partial charge >= 0.3 is 5.97 Å². The maximum atomic E-state index is 10.7. The summed E-state index contributed by atoms with van der Waals surface area (Å²) in [5.74, 6) is -0.338. The zero-order chi connectivity index (χ0) is 11.0. The van der Waals surface area contributed by atoms with Gasteiger partial charge in [-0.3, -0.25) is 4.79 Å². The molecule has 0 amide bonds. The van der Waals surface area contributed by atoms with Crippen LogP contribution in [0.2, 0.25) is 0 Å². The number of hydrogen-bond donors (Lipinski definition) is 1. The van der Waals surface area contributed by atoms with E-state index in [4.69, 9.17) is 28.3 Å². The van der Waals surface area contributed by atoms with Crippen LogP contribution in [0.15, 0.2) is 0 Å². The lowest BCUT2D eigenvalue weighted by molar-refractivity contribution is -0.142. The Balaban J connectivity index is 3.55. The number of hydrogen-bond acceptors (Lipinski definition) is 1. The first-order chi connectivity index (χ1) is 6.61. The molecule has 1 N–H and O–H groups in total. The summed E-state index contributed by atoms with van der Waals surface area (Å²) in [6.07, 6.45) is 3.94. The van der Waals surface area contributed by atoms with Gasteiger partial charge in [-0.1, -0.05) is 13.3 Å². The molecule has 84 valence electrons. The normalized spacial score (nSPS) is 15.1. The SMILES string of the molecule is CC[C@H](CCC[C@@H](Cl)CCCl)C(=O)O. The molecular weight excluding hydrogens is 223 g/mol. The summed E-state index contributed by atoms with van der Waals surface area (Å²) in [5.41, 5.74) is 0. The van der Waals surface area contributed by atoms with Crippen LogP contribution in [0.4, 0.5) is 0 Å². The zero-order valence-electron chi connectivity index (χ0n) is 8.51. The van der Waals surface area contributed by atoms with E-state index in [1.165, 1.54) is 0 Å². The molecule has 14 heavy (non-hydrogen) atoms. The van der Waals surface area contributed by atoms with Crippen LogP contribution < -0.4 is 0 Å². The van der Waals surface area contributed by atoms with Gasteiger partial charge in [0, 0.05) is 11.3 Å². The Morgan fingerprint density at radius 2 is 2.00 bits per heavy atom. The van der Waals surface area contributed by atoms with Crippen molar-refractivity contribution in [2.24, 2.45) is 5.92 Å². The molecule has 0 bridgehead atoms. The van der Waals surface area contributed by atoms with Crippen molar-refractivity contribution in [2.75, 3.05) is 5.88 Å². The van der Waals surface area contributed by atoms with Crippen molar-refractivity contribution in [3.05, 3.63) is 0 Å². The standard InChI is InChI=1S/C10H18Cl2O2/c1-2-8(10(13)14)4-3-5-9(12)6-7-11/h8-9H,2-7H2,1H3,(H,13,14)/t8-,9-/m1/s1. The van der Waals surface area contributed by atoms with Crippen LogP contribution >= 0.6 is 23.2 Å². The van der Waals surface area contributed by atoms with Gasteiger partial charge in [0.15, 0.2) is 0 Å². The molecule has 2 atom stereocenters. The Kier molecular flexibility index (Phi) is 8.40. The quantitative estimate of drug-likeness (QED) is 0.660. The second-order valence-electron chi connectivity index (χ2n) is 3.45. The number of rotatable bonds is 8. The van der Waals surface area contributed by atoms with Gasteiger partial charge in [-0.25, -0.2) is 0 Å². The third-order valence-corrected chi connectivity index (χ3v) is 2.99. The molecule has 2 nitrogen and oxygen atoms in total. The summed E-state index contributed by atoms with van der Waals surface area (Å²) in [7, 11) is 0. The third-order valence-electron chi connectivity index (χ3n) is 2.33. The summed E-state index contributed by atoms with van der Waals surface area (Å²) < 4.78 is 0. The molecule has 0 fully saturated rings. The average Bonchev–Trinajstić information content (AvgIpc) is 2.12. The number of carbonyl (C=O) groups is 1. The first kappa shape index (κ1) is 14.1. The van der Waals surface area contributed by atoms with Gasteiger partial charge < -0.3 is 5.11 Å². The highest BCUT2D eigenvalue weighted by Crippen LogP contribution is 2.17. The van der Waals surface area contributed by atoms with Gasteiger partial charge in [0.05, 0.1) is 5.92 Å². The smallest absolute Gasteiger partial charge is 0.306 e. The van der Waals surface area contributed by atoms with Crippen molar-refractivity contribution < 1.29 is 9.90 Å². The van der Waals surface area contributed by atoms with Gasteiger partial charge in [-0.05, 0) is 25.7 Å². The molecule has 0 saturated heterocycles. The summed E-state index contributed by atoms with van der Waals surface area (Å²) >= 11 is 11.5. The maximum absolute atomic E-state index is 10.7. The molecule has 0 heterocycles. The van der Waals surface area contributed by atoms with Crippen LogP contribution in [-0.4, -0.2) is 22.3 Å². The number of aliphatic carboxylic acids is 1. The predicted molar refractivity (Wildman–Crippen MR) is 60.2 cm³/mol. The molecule has 0 aliphatic carbocycles. The largest absolute Gasteiger partial charge is 0.481 e. The van der Waals surface area contributed by atoms with Crippen molar-refractivity contribution in [2.45, 2.75) is 44.4 Å². The summed E-state index contributed by atoms with van der Waals surface area (Å²) in [6, 6.07) is 0. The van der Waals surface area contributed by atoms with Gasteiger partial charge in [-0.15, -0.1) is 23.2 Å². The van der Waals surface area contributed by atoms with Crippen molar-refractivity contribution in [3.8, 4) is 0 Å². The number of carboxylic acid groups (broad SMARTS) is 1. The number of carboxylic acids is 1. The molecule has 0 aromatic heterocycles. The maximum Gasteiger partial charge on any atom is 0.306 e. The molecular formula is C10H18Cl2O2. The topological polar surface area (TPSA) is 37.3 Å². The molecule has 0 aromatic rings. The predicted octanol–water partition coefficient (Wildman–Crippen LogP) is 3.50. The number of halogens is 2. The molecule has 4 heteroatoms. The van der Waals surface area contributed by atoms with Crippen molar-refractivity contribution >= 4 is 29.2 Å². The highest BCUT2D eigenvalue weighted by Gasteiger charge is 2.14. The van der Waals surface area contributed by atoms with Crippen molar-refractivity contribution in [1.82, 2.24) is 0 Å². The molecule has 0 rings (SSSR count).